The highest BCUT2D eigenvalue weighted by Crippen LogP contribution is 2.37. The Bertz CT molecular complexity index is 351. The Morgan fingerprint density at radius 3 is 3.08 bits per heavy atom. The molecule has 1 aliphatic rings. The lowest BCUT2D eigenvalue weighted by Gasteiger charge is -2.01. The Kier molecular flexibility index (Phi) is 1.90. The first-order valence-corrected chi connectivity index (χ1v) is 4.90. The van der Waals surface area contributed by atoms with E-state index < -0.39 is 0 Å². The van der Waals surface area contributed by atoms with Crippen LogP contribution in [0.1, 0.15) is 27.9 Å². The summed E-state index contributed by atoms with van der Waals surface area (Å²) in [5.41, 5.74) is 3.46. The van der Waals surface area contributed by atoms with Crippen molar-refractivity contribution in [3.05, 3.63) is 34.9 Å². The molecule has 1 aromatic carbocycles. The molecule has 0 radical (unpaired) electrons. The van der Waals surface area contributed by atoms with Gasteiger partial charge in [-0.25, -0.2) is 0 Å². The normalized spacial score (nSPS) is 20.2. The Labute approximate surface area is 80.1 Å². The number of hydrogen-bond acceptors (Lipinski definition) is 1. The van der Waals surface area contributed by atoms with Gasteiger partial charge >= 0.3 is 0 Å². The van der Waals surface area contributed by atoms with Crippen LogP contribution in [0.25, 0.3) is 0 Å². The number of alkyl halides is 1. The van der Waals surface area contributed by atoms with E-state index in [9.17, 15) is 0 Å². The first kappa shape index (κ1) is 7.82. The van der Waals surface area contributed by atoms with Gasteiger partial charge in [0.05, 0.1) is 11.6 Å². The molecule has 0 fully saturated rings. The molecule has 12 heavy (non-hydrogen) atoms. The molecule has 0 aromatic heterocycles. The third kappa shape index (κ3) is 1.15. The lowest BCUT2D eigenvalue weighted by molar-refractivity contribution is 0.903. The number of halogens is 1. The topological polar surface area (TPSA) is 23.8 Å². The van der Waals surface area contributed by atoms with E-state index in [4.69, 9.17) is 5.26 Å². The van der Waals surface area contributed by atoms with E-state index in [-0.39, 0.29) is 0 Å². The van der Waals surface area contributed by atoms with Gasteiger partial charge in [0.2, 0.25) is 0 Å². The average molecular weight is 222 g/mol. The minimum atomic E-state index is 0.500. The maximum atomic E-state index is 8.67. The van der Waals surface area contributed by atoms with Gasteiger partial charge in [0.25, 0.3) is 0 Å². The van der Waals surface area contributed by atoms with Crippen LogP contribution in [0.3, 0.4) is 0 Å². The number of aryl methyl sites for hydroxylation is 1. The summed E-state index contributed by atoms with van der Waals surface area (Å²) < 4.78 is 0. The number of hydrogen-bond donors (Lipinski definition) is 0. The molecule has 1 aromatic rings. The number of nitrogens with zero attached hydrogens (tertiary/aromatic N) is 1. The van der Waals surface area contributed by atoms with Crippen molar-refractivity contribution < 1.29 is 0 Å². The second kappa shape index (κ2) is 2.91. The van der Waals surface area contributed by atoms with Gasteiger partial charge in [-0.1, -0.05) is 22.0 Å². The van der Waals surface area contributed by atoms with Gasteiger partial charge in [0.15, 0.2) is 0 Å². The molecule has 1 nitrogen and oxygen atoms in total. The van der Waals surface area contributed by atoms with Crippen LogP contribution >= 0.6 is 15.9 Å². The summed E-state index contributed by atoms with van der Waals surface area (Å²) in [4.78, 5) is 0.500. The Balaban J connectivity index is 2.50. The average Bonchev–Trinajstić information content (AvgIpc) is 2.47. The van der Waals surface area contributed by atoms with Crippen molar-refractivity contribution in [1.82, 2.24) is 0 Å². The number of fused-ring (bicyclic) bond motifs is 1. The molecule has 1 aliphatic carbocycles. The van der Waals surface area contributed by atoms with Crippen LogP contribution in [0.4, 0.5) is 0 Å². The molecule has 2 heteroatoms. The molecule has 60 valence electrons. The summed E-state index contributed by atoms with van der Waals surface area (Å²) in [6, 6.07) is 8.10. The zero-order valence-corrected chi connectivity index (χ0v) is 8.13. The molecule has 2 rings (SSSR count). The van der Waals surface area contributed by atoms with Crippen molar-refractivity contribution in [1.29, 1.82) is 5.26 Å². The largest absolute Gasteiger partial charge is 0.192 e. The third-order valence-corrected chi connectivity index (χ3v) is 3.23. The molecule has 0 N–H and O–H groups in total. The summed E-state index contributed by atoms with van der Waals surface area (Å²) in [5, 5.41) is 8.67. The Hall–Kier alpha value is -0.810. The van der Waals surface area contributed by atoms with Crippen molar-refractivity contribution in [2.24, 2.45) is 0 Å². The van der Waals surface area contributed by atoms with E-state index >= 15 is 0 Å². The molecule has 1 unspecified atom stereocenters. The van der Waals surface area contributed by atoms with Gasteiger partial charge in [0.1, 0.15) is 0 Å². The second-order valence-corrected chi connectivity index (χ2v) is 4.14. The zero-order valence-electron chi connectivity index (χ0n) is 6.55. The first-order valence-electron chi connectivity index (χ1n) is 3.98. The van der Waals surface area contributed by atoms with E-state index in [0.29, 0.717) is 4.83 Å². The van der Waals surface area contributed by atoms with Crippen LogP contribution in [0.5, 0.6) is 0 Å². The van der Waals surface area contributed by atoms with Crippen LogP contribution in [-0.2, 0) is 6.42 Å². The van der Waals surface area contributed by atoms with Crippen molar-refractivity contribution in [2.45, 2.75) is 17.7 Å². The predicted molar refractivity (Wildman–Crippen MR) is 51.1 cm³/mol. The molecule has 0 heterocycles. The van der Waals surface area contributed by atoms with Crippen molar-refractivity contribution in [2.75, 3.05) is 0 Å². The van der Waals surface area contributed by atoms with Gasteiger partial charge in [-0.3, -0.25) is 0 Å². The minimum Gasteiger partial charge on any atom is -0.192 e. The zero-order chi connectivity index (χ0) is 8.55. The standard InChI is InChI=1S/C10H8BrN/c11-10-4-2-8-5-7(6-12)1-3-9(8)10/h1,3,5,10H,2,4H2. The van der Waals surface area contributed by atoms with Gasteiger partial charge < -0.3 is 0 Å². The summed E-state index contributed by atoms with van der Waals surface area (Å²) in [5.74, 6) is 0. The fourth-order valence-electron chi connectivity index (χ4n) is 1.64. The number of benzene rings is 1. The summed E-state index contributed by atoms with van der Waals surface area (Å²) in [7, 11) is 0. The molecular formula is C10H8BrN. The van der Waals surface area contributed by atoms with Crippen molar-refractivity contribution in [3.8, 4) is 6.07 Å². The summed E-state index contributed by atoms with van der Waals surface area (Å²) in [6.07, 6.45) is 2.25. The van der Waals surface area contributed by atoms with Crippen molar-refractivity contribution in [3.63, 3.8) is 0 Å². The molecular weight excluding hydrogens is 214 g/mol. The van der Waals surface area contributed by atoms with Gasteiger partial charge in [0, 0.05) is 4.83 Å². The van der Waals surface area contributed by atoms with Gasteiger partial charge in [-0.15, -0.1) is 0 Å². The highest BCUT2D eigenvalue weighted by Gasteiger charge is 2.19. The lowest BCUT2D eigenvalue weighted by Crippen LogP contribution is -1.84. The molecule has 1 atom stereocenters. The number of nitriles is 1. The quantitative estimate of drug-likeness (QED) is 0.619. The monoisotopic (exact) mass is 221 g/mol. The molecule has 0 spiro atoms. The fraction of sp³-hybridized carbons (Fsp3) is 0.300. The van der Waals surface area contributed by atoms with Crippen LogP contribution < -0.4 is 0 Å². The summed E-state index contributed by atoms with van der Waals surface area (Å²) >= 11 is 3.60. The fourth-order valence-corrected chi connectivity index (χ4v) is 2.31. The van der Waals surface area contributed by atoms with Crippen molar-refractivity contribution >= 4 is 15.9 Å². The van der Waals surface area contributed by atoms with E-state index in [1.165, 1.54) is 11.1 Å². The minimum absolute atomic E-state index is 0.500. The van der Waals surface area contributed by atoms with Gasteiger partial charge in [-0.05, 0) is 36.1 Å². The molecule has 0 saturated heterocycles. The van der Waals surface area contributed by atoms with Gasteiger partial charge in [-0.2, -0.15) is 5.26 Å². The summed E-state index contributed by atoms with van der Waals surface area (Å²) in [6.45, 7) is 0. The maximum absolute atomic E-state index is 8.67. The first-order chi connectivity index (χ1) is 5.81. The van der Waals surface area contributed by atoms with E-state index in [1.54, 1.807) is 0 Å². The maximum Gasteiger partial charge on any atom is 0.0991 e. The number of rotatable bonds is 0. The van der Waals surface area contributed by atoms with Crippen LogP contribution in [-0.4, -0.2) is 0 Å². The Morgan fingerprint density at radius 2 is 2.33 bits per heavy atom. The molecule has 0 aliphatic heterocycles. The predicted octanol–water partition coefficient (Wildman–Crippen LogP) is 2.94. The smallest absolute Gasteiger partial charge is 0.0991 e. The second-order valence-electron chi connectivity index (χ2n) is 3.03. The highest BCUT2D eigenvalue weighted by molar-refractivity contribution is 9.09. The van der Waals surface area contributed by atoms with E-state index in [1.807, 2.05) is 12.1 Å². The van der Waals surface area contributed by atoms with E-state index in [0.717, 1.165) is 18.4 Å². The third-order valence-electron chi connectivity index (χ3n) is 2.28. The molecule has 0 saturated carbocycles. The molecule has 0 bridgehead atoms. The SMILES string of the molecule is N#Cc1ccc2c(c1)CCC2Br. The van der Waals surface area contributed by atoms with Crippen LogP contribution in [0.15, 0.2) is 18.2 Å². The Morgan fingerprint density at radius 1 is 1.50 bits per heavy atom. The van der Waals surface area contributed by atoms with Crippen LogP contribution in [0, 0.1) is 11.3 Å². The molecule has 0 amide bonds. The highest BCUT2D eigenvalue weighted by atomic mass is 79.9. The lowest BCUT2D eigenvalue weighted by atomic mass is 10.1. The van der Waals surface area contributed by atoms with Crippen LogP contribution in [0.2, 0.25) is 0 Å². The van der Waals surface area contributed by atoms with E-state index in [2.05, 4.69) is 28.1 Å².